The Morgan fingerprint density at radius 2 is 1.63 bits per heavy atom. The lowest BCUT2D eigenvalue weighted by Gasteiger charge is -2.22. The molecule has 3 unspecified atom stereocenters. The third kappa shape index (κ3) is 9.01. The van der Waals surface area contributed by atoms with E-state index in [2.05, 4.69) is 27.0 Å². The Labute approximate surface area is 371 Å². The number of pyridine rings is 1. The van der Waals surface area contributed by atoms with Crippen LogP contribution in [0.25, 0.3) is 22.0 Å². The highest BCUT2D eigenvalue weighted by Crippen LogP contribution is 2.68. The van der Waals surface area contributed by atoms with E-state index in [0.717, 1.165) is 23.1 Å². The minimum atomic E-state index is -5.13. The fourth-order valence-corrected chi connectivity index (χ4v) is 10.6. The Hall–Kier alpha value is -4.94. The minimum absolute atomic E-state index is 0.00873. The molecule has 10 nitrogen and oxygen atoms in total. The molecule has 0 spiro atoms. The summed E-state index contributed by atoms with van der Waals surface area (Å²) in [6.07, 6.45) is -7.82. The first-order valence-corrected chi connectivity index (χ1v) is 24.1. The number of ketones is 1. The highest BCUT2D eigenvalue weighted by atomic mass is 35.5. The van der Waals surface area contributed by atoms with Crippen molar-refractivity contribution in [1.82, 2.24) is 24.5 Å². The summed E-state index contributed by atoms with van der Waals surface area (Å²) in [6, 6.07) is 7.89. The van der Waals surface area contributed by atoms with Crippen molar-refractivity contribution in [1.29, 1.82) is 0 Å². The fraction of sp³-hybridized carbons (Fsp3) is 0.442. The number of carbonyl (C=O) groups is 1. The summed E-state index contributed by atoms with van der Waals surface area (Å²) in [5.41, 5.74) is -3.73. The number of Topliss-reactive ketones (excluding diaryl/α,β-unsaturated/α-hetero) is 1. The quantitative estimate of drug-likeness (QED) is 0.0796. The topological polar surface area (TPSA) is 134 Å². The van der Waals surface area contributed by atoms with Crippen LogP contribution in [0, 0.1) is 29.4 Å². The molecular formula is C43H37ClF9N5O5S2. The molecule has 0 N–H and O–H groups in total. The summed E-state index contributed by atoms with van der Waals surface area (Å²) in [7, 11) is -7.60. The second-order valence-electron chi connectivity index (χ2n) is 17.3. The van der Waals surface area contributed by atoms with E-state index >= 15 is 8.78 Å². The van der Waals surface area contributed by atoms with Gasteiger partial charge in [0.2, 0.25) is 0 Å². The van der Waals surface area contributed by atoms with Gasteiger partial charge in [-0.2, -0.15) is 32.1 Å². The lowest BCUT2D eigenvalue weighted by Crippen LogP contribution is -2.28. The van der Waals surface area contributed by atoms with E-state index in [-0.39, 0.29) is 56.1 Å². The van der Waals surface area contributed by atoms with Crippen molar-refractivity contribution in [3.63, 3.8) is 0 Å². The number of hydrogen-bond acceptors (Lipinski definition) is 8. The molecule has 3 aromatic heterocycles. The Morgan fingerprint density at radius 1 is 0.969 bits per heavy atom. The molecule has 65 heavy (non-hydrogen) atoms. The first kappa shape index (κ1) is 46.6. The van der Waals surface area contributed by atoms with Crippen LogP contribution in [0.5, 0.6) is 0 Å². The van der Waals surface area contributed by atoms with Crippen molar-refractivity contribution in [3.05, 3.63) is 98.7 Å². The molecule has 2 aromatic carbocycles. The van der Waals surface area contributed by atoms with Crippen molar-refractivity contribution in [2.24, 2.45) is 5.92 Å². The molecule has 8 rings (SSSR count). The van der Waals surface area contributed by atoms with Gasteiger partial charge in [0.15, 0.2) is 31.2 Å². The van der Waals surface area contributed by atoms with Gasteiger partial charge in [-0.15, -0.1) is 0 Å². The predicted octanol–water partition coefficient (Wildman–Crippen LogP) is 8.96. The first-order valence-electron chi connectivity index (χ1n) is 20.1. The molecule has 0 radical (unpaired) electrons. The van der Waals surface area contributed by atoms with Gasteiger partial charge in [-0.1, -0.05) is 23.6 Å². The number of alkyl halides is 7. The number of aromatic nitrogens is 5. The number of sulfone groups is 2. The van der Waals surface area contributed by atoms with Crippen LogP contribution in [0.4, 0.5) is 39.5 Å². The van der Waals surface area contributed by atoms with Gasteiger partial charge in [-0.05, 0) is 87.3 Å². The van der Waals surface area contributed by atoms with Crippen molar-refractivity contribution < 1.29 is 61.1 Å². The average Bonchev–Trinajstić information content (AvgIpc) is 4.10. The van der Waals surface area contributed by atoms with E-state index in [1.165, 1.54) is 38.1 Å². The Balaban J connectivity index is 1.32. The molecule has 0 bridgehead atoms. The molecule has 2 saturated carbocycles. The van der Waals surface area contributed by atoms with Crippen LogP contribution < -0.4 is 0 Å². The number of benzene rings is 2. The highest BCUT2D eigenvalue weighted by molar-refractivity contribution is 7.92. The van der Waals surface area contributed by atoms with E-state index in [1.54, 1.807) is 0 Å². The molecule has 3 aliphatic carbocycles. The second kappa shape index (κ2) is 16.1. The molecule has 3 heterocycles. The number of fused-ring (bicyclic) bond motifs is 4. The Bertz CT molecular complexity index is 3060. The van der Waals surface area contributed by atoms with Crippen LogP contribution in [0.2, 0.25) is 5.02 Å². The second-order valence-corrected chi connectivity index (χ2v) is 22.5. The summed E-state index contributed by atoms with van der Waals surface area (Å²) < 4.78 is 183. The number of halogens is 10. The highest BCUT2D eigenvalue weighted by Gasteiger charge is 2.68. The average molecular weight is 974 g/mol. The van der Waals surface area contributed by atoms with Gasteiger partial charge in [0.05, 0.1) is 32.9 Å². The van der Waals surface area contributed by atoms with E-state index in [1.807, 2.05) is 0 Å². The smallest absolute Gasteiger partial charge is 0.298 e. The maximum atomic E-state index is 15.5. The number of nitrogens with zero attached hydrogens (tertiary/aromatic N) is 5. The molecule has 2 fully saturated rings. The van der Waals surface area contributed by atoms with Crippen molar-refractivity contribution in [2.75, 3.05) is 6.26 Å². The van der Waals surface area contributed by atoms with Crippen molar-refractivity contribution in [2.45, 2.75) is 105 Å². The zero-order chi connectivity index (χ0) is 47.3. The third-order valence-corrected chi connectivity index (χ3v) is 16.5. The van der Waals surface area contributed by atoms with Gasteiger partial charge in [0, 0.05) is 52.7 Å². The van der Waals surface area contributed by atoms with Crippen LogP contribution in [0.15, 0.2) is 42.5 Å². The Morgan fingerprint density at radius 3 is 2.25 bits per heavy atom. The normalized spacial score (nSPS) is 18.7. The monoisotopic (exact) mass is 973 g/mol. The number of carbonyl (C=O) groups excluding carboxylic acids is 1. The first-order chi connectivity index (χ1) is 30.2. The molecule has 0 amide bonds. The zero-order valence-corrected chi connectivity index (χ0v) is 36.8. The molecule has 5 aromatic rings. The van der Waals surface area contributed by atoms with Gasteiger partial charge in [0.25, 0.3) is 12.3 Å². The van der Waals surface area contributed by atoms with Crippen LogP contribution in [0.1, 0.15) is 91.0 Å². The largest absolute Gasteiger partial charge is 0.435 e. The van der Waals surface area contributed by atoms with Crippen LogP contribution in [0.3, 0.4) is 0 Å². The lowest BCUT2D eigenvalue weighted by molar-refractivity contribution is -0.142. The summed E-state index contributed by atoms with van der Waals surface area (Å²) in [6.45, 7) is 0.502. The number of hydrogen-bond donors (Lipinski definition) is 0. The zero-order valence-electron chi connectivity index (χ0n) is 34.5. The molecular weight excluding hydrogens is 937 g/mol. The van der Waals surface area contributed by atoms with Gasteiger partial charge in [-0.25, -0.2) is 39.4 Å². The van der Waals surface area contributed by atoms with Crippen LogP contribution in [-0.4, -0.2) is 69.8 Å². The van der Waals surface area contributed by atoms with Crippen molar-refractivity contribution in [3.8, 4) is 23.0 Å². The summed E-state index contributed by atoms with van der Waals surface area (Å²) >= 11 is 6.66. The third-order valence-electron chi connectivity index (χ3n) is 12.0. The van der Waals surface area contributed by atoms with Crippen LogP contribution >= 0.6 is 11.6 Å². The van der Waals surface area contributed by atoms with Gasteiger partial charge < -0.3 is 0 Å². The molecule has 0 saturated heterocycles. The number of rotatable bonds is 14. The molecule has 22 heteroatoms. The fourth-order valence-electron chi connectivity index (χ4n) is 8.44. The standard InChI is InChI=1S/C43H37ClF9N5O5S2/c1-41(2,64(3,60)61)11-10-25-4-7-28(29-8-9-32(44)36-33(20-65(62,63)27-5-6-27)55-57(38(29)36)19-34(47)48)37(54-25)22(12-21-13-23(45)16-24(46)14-21)15-26(59)18-58-40-35(39(56-58)43(51,52)53)30-17-31(30)42(40,49)50/h4,7-9,13-14,16,22,27,30-31,34H,5-6,12,15,17-20H2,1-3H3. The SMILES string of the molecule is CC(C)(C#Cc1ccc(-c2ccc(Cl)c3c(CS(=O)(=O)C4CC4)nn(CC(F)F)c23)c(C(CC(=O)Cn2nc(C(F)(F)F)c3c2C(F)(F)C2CC32)Cc2cc(F)cc(F)c2)n1)S(C)(=O)=O. The Kier molecular flexibility index (Phi) is 11.6. The van der Waals surface area contributed by atoms with Gasteiger partial charge in [0.1, 0.15) is 40.9 Å². The summed E-state index contributed by atoms with van der Waals surface area (Å²) in [5.74, 6) is -5.98. The van der Waals surface area contributed by atoms with Crippen molar-refractivity contribution >= 4 is 48.0 Å². The van der Waals surface area contributed by atoms with Gasteiger partial charge in [-0.3, -0.25) is 14.2 Å². The molecule has 346 valence electrons. The van der Waals surface area contributed by atoms with E-state index in [9.17, 15) is 52.4 Å². The van der Waals surface area contributed by atoms with E-state index in [0.29, 0.717) is 23.6 Å². The maximum Gasteiger partial charge on any atom is 0.435 e. The molecule has 3 aliphatic rings. The molecule has 0 aliphatic heterocycles. The predicted molar refractivity (Wildman–Crippen MR) is 220 cm³/mol. The van der Waals surface area contributed by atoms with E-state index < -0.39 is 132 Å². The van der Waals surface area contributed by atoms with Crippen LogP contribution in [-0.2, 0) is 61.8 Å². The van der Waals surface area contributed by atoms with E-state index in [4.69, 9.17) is 11.6 Å². The van der Waals surface area contributed by atoms with Gasteiger partial charge >= 0.3 is 6.18 Å². The maximum absolute atomic E-state index is 15.5. The summed E-state index contributed by atoms with van der Waals surface area (Å²) in [4.78, 5) is 18.9. The molecule has 3 atom stereocenters. The lowest BCUT2D eigenvalue weighted by atomic mass is 9.86. The summed E-state index contributed by atoms with van der Waals surface area (Å²) in [5, 5.41) is 6.99. The minimum Gasteiger partial charge on any atom is -0.298 e.